The van der Waals surface area contributed by atoms with Gasteiger partial charge >= 0.3 is 0 Å². The Labute approximate surface area is 129 Å². The largest absolute Gasteiger partial charge is 0.387 e. The summed E-state index contributed by atoms with van der Waals surface area (Å²) in [6.07, 6.45) is 3.87. The van der Waals surface area contributed by atoms with Crippen molar-refractivity contribution in [3.63, 3.8) is 0 Å². The van der Waals surface area contributed by atoms with Crippen molar-refractivity contribution >= 4 is 11.3 Å². The van der Waals surface area contributed by atoms with Crippen LogP contribution in [-0.4, -0.2) is 10.1 Å². The van der Waals surface area contributed by atoms with Crippen molar-refractivity contribution < 1.29 is 5.11 Å². The Kier molecular flexibility index (Phi) is 2.82. The molecule has 0 bridgehead atoms. The van der Waals surface area contributed by atoms with Gasteiger partial charge in [-0.1, -0.05) is 44.2 Å². The van der Waals surface area contributed by atoms with Crippen molar-refractivity contribution in [2.24, 2.45) is 5.41 Å². The molecule has 21 heavy (non-hydrogen) atoms. The molecule has 1 aromatic heterocycles. The van der Waals surface area contributed by atoms with E-state index < -0.39 is 0 Å². The SMILES string of the molecule is CC1(C)Cc2nc(C3(c4ccccc4)CC3)sc2C(O)C1. The first-order valence-corrected chi connectivity index (χ1v) is 8.56. The molecule has 1 N–H and O–H groups in total. The van der Waals surface area contributed by atoms with Gasteiger partial charge in [-0.15, -0.1) is 11.3 Å². The van der Waals surface area contributed by atoms with Crippen LogP contribution >= 0.6 is 11.3 Å². The smallest absolute Gasteiger partial charge is 0.104 e. The first-order valence-electron chi connectivity index (χ1n) is 7.74. The molecule has 0 amide bonds. The van der Waals surface area contributed by atoms with Gasteiger partial charge in [-0.3, -0.25) is 0 Å². The molecule has 1 aromatic carbocycles. The summed E-state index contributed by atoms with van der Waals surface area (Å²) in [6, 6.07) is 10.7. The number of hydrogen-bond donors (Lipinski definition) is 1. The minimum absolute atomic E-state index is 0.132. The molecule has 2 aliphatic rings. The second-order valence-corrected chi connectivity index (χ2v) is 8.37. The molecule has 0 saturated heterocycles. The van der Waals surface area contributed by atoms with E-state index in [1.165, 1.54) is 23.4 Å². The first kappa shape index (κ1) is 13.5. The number of fused-ring (bicyclic) bond motifs is 1. The average Bonchev–Trinajstić information content (AvgIpc) is 3.14. The summed E-state index contributed by atoms with van der Waals surface area (Å²) < 4.78 is 0. The summed E-state index contributed by atoms with van der Waals surface area (Å²) in [7, 11) is 0. The van der Waals surface area contributed by atoms with E-state index in [9.17, 15) is 5.11 Å². The van der Waals surface area contributed by atoms with Crippen molar-refractivity contribution in [3.8, 4) is 0 Å². The highest BCUT2D eigenvalue weighted by Gasteiger charge is 2.49. The number of aliphatic hydroxyl groups is 1. The summed E-state index contributed by atoms with van der Waals surface area (Å²) in [5, 5.41) is 11.7. The number of thiazole rings is 1. The molecule has 3 heteroatoms. The fourth-order valence-electron chi connectivity index (χ4n) is 3.61. The molecule has 4 rings (SSSR count). The summed E-state index contributed by atoms with van der Waals surface area (Å²) in [5.41, 5.74) is 2.81. The quantitative estimate of drug-likeness (QED) is 0.900. The van der Waals surface area contributed by atoms with Crippen LogP contribution in [0.5, 0.6) is 0 Å². The highest BCUT2D eigenvalue weighted by molar-refractivity contribution is 7.12. The lowest BCUT2D eigenvalue weighted by atomic mass is 9.77. The molecule has 0 spiro atoms. The normalized spacial score (nSPS) is 25.4. The third-order valence-corrected chi connectivity index (χ3v) is 6.31. The molecule has 2 aliphatic carbocycles. The van der Waals surface area contributed by atoms with E-state index in [4.69, 9.17) is 4.98 Å². The average molecular weight is 299 g/mol. The molecule has 1 atom stereocenters. The molecular weight excluding hydrogens is 278 g/mol. The van der Waals surface area contributed by atoms with Crippen molar-refractivity contribution in [2.75, 3.05) is 0 Å². The zero-order valence-corrected chi connectivity index (χ0v) is 13.4. The lowest BCUT2D eigenvalue weighted by molar-refractivity contribution is 0.102. The van der Waals surface area contributed by atoms with Crippen LogP contribution in [0.25, 0.3) is 0 Å². The van der Waals surface area contributed by atoms with Crippen molar-refractivity contribution in [1.29, 1.82) is 0 Å². The van der Waals surface area contributed by atoms with Gasteiger partial charge in [0.15, 0.2) is 0 Å². The number of benzene rings is 1. The second kappa shape index (κ2) is 4.40. The zero-order chi connectivity index (χ0) is 14.7. The van der Waals surface area contributed by atoms with E-state index >= 15 is 0 Å². The van der Waals surface area contributed by atoms with E-state index in [2.05, 4.69) is 44.2 Å². The van der Waals surface area contributed by atoms with Crippen LogP contribution in [0.3, 0.4) is 0 Å². The van der Waals surface area contributed by atoms with Gasteiger partial charge in [-0.05, 0) is 36.7 Å². The lowest BCUT2D eigenvalue weighted by Gasteiger charge is -2.31. The van der Waals surface area contributed by atoms with E-state index in [0.29, 0.717) is 0 Å². The summed E-state index contributed by atoms with van der Waals surface area (Å²) in [4.78, 5) is 6.08. The van der Waals surface area contributed by atoms with Crippen LogP contribution in [0.4, 0.5) is 0 Å². The fraction of sp³-hybridized carbons (Fsp3) is 0.500. The highest BCUT2D eigenvalue weighted by Crippen LogP contribution is 2.56. The van der Waals surface area contributed by atoms with Crippen molar-refractivity contribution in [3.05, 3.63) is 51.5 Å². The van der Waals surface area contributed by atoms with E-state index in [-0.39, 0.29) is 16.9 Å². The molecule has 2 aromatic rings. The van der Waals surface area contributed by atoms with Crippen LogP contribution in [-0.2, 0) is 11.8 Å². The highest BCUT2D eigenvalue weighted by atomic mass is 32.1. The first-order chi connectivity index (χ1) is 10.0. The predicted octanol–water partition coefficient (Wildman–Crippen LogP) is 4.23. The minimum Gasteiger partial charge on any atom is -0.387 e. The fourth-order valence-corrected chi connectivity index (χ4v) is 4.94. The maximum absolute atomic E-state index is 10.4. The van der Waals surface area contributed by atoms with Gasteiger partial charge in [0.2, 0.25) is 0 Å². The standard InChI is InChI=1S/C18H21NOS/c1-17(2)10-13-15(14(20)11-17)21-16(19-13)18(8-9-18)12-6-4-3-5-7-12/h3-7,14,20H,8-11H2,1-2H3. The maximum atomic E-state index is 10.4. The number of aliphatic hydroxyl groups excluding tert-OH is 1. The molecular formula is C18H21NOS. The monoisotopic (exact) mass is 299 g/mol. The van der Waals surface area contributed by atoms with Gasteiger partial charge in [0.1, 0.15) is 5.01 Å². The lowest BCUT2D eigenvalue weighted by Crippen LogP contribution is -2.24. The Balaban J connectivity index is 1.76. The number of nitrogens with zero attached hydrogens (tertiary/aromatic N) is 1. The Morgan fingerprint density at radius 2 is 1.90 bits per heavy atom. The molecule has 1 unspecified atom stereocenters. The number of hydrogen-bond acceptors (Lipinski definition) is 3. The van der Waals surface area contributed by atoms with Crippen LogP contribution in [0.1, 0.15) is 60.4 Å². The zero-order valence-electron chi connectivity index (χ0n) is 12.6. The molecule has 1 saturated carbocycles. The molecule has 2 nitrogen and oxygen atoms in total. The van der Waals surface area contributed by atoms with Crippen molar-refractivity contribution in [1.82, 2.24) is 4.98 Å². The van der Waals surface area contributed by atoms with Crippen LogP contribution < -0.4 is 0 Å². The molecule has 110 valence electrons. The molecule has 0 aliphatic heterocycles. The van der Waals surface area contributed by atoms with Crippen molar-refractivity contribution in [2.45, 2.75) is 51.0 Å². The van der Waals surface area contributed by atoms with Gasteiger partial charge in [0, 0.05) is 5.41 Å². The third-order valence-electron chi connectivity index (χ3n) is 4.91. The Hall–Kier alpha value is -1.19. The Bertz CT molecular complexity index is 670. The van der Waals surface area contributed by atoms with Crippen LogP contribution in [0, 0.1) is 5.41 Å². The molecule has 1 fully saturated rings. The minimum atomic E-state index is -0.332. The summed E-state index contributed by atoms with van der Waals surface area (Å²) >= 11 is 1.75. The predicted molar refractivity (Wildman–Crippen MR) is 85.6 cm³/mol. The van der Waals surface area contributed by atoms with Gasteiger partial charge < -0.3 is 5.11 Å². The van der Waals surface area contributed by atoms with E-state index in [0.717, 1.165) is 23.4 Å². The Morgan fingerprint density at radius 1 is 1.19 bits per heavy atom. The van der Waals surface area contributed by atoms with E-state index in [1.807, 2.05) is 0 Å². The molecule has 1 heterocycles. The van der Waals surface area contributed by atoms with Gasteiger partial charge in [0.25, 0.3) is 0 Å². The second-order valence-electron chi connectivity index (χ2n) is 7.34. The van der Waals surface area contributed by atoms with Crippen LogP contribution in [0.15, 0.2) is 30.3 Å². The maximum Gasteiger partial charge on any atom is 0.104 e. The molecule has 0 radical (unpaired) electrons. The van der Waals surface area contributed by atoms with E-state index in [1.54, 1.807) is 11.3 Å². The van der Waals surface area contributed by atoms with Gasteiger partial charge in [-0.2, -0.15) is 0 Å². The van der Waals surface area contributed by atoms with Gasteiger partial charge in [0.05, 0.1) is 16.7 Å². The summed E-state index contributed by atoms with van der Waals surface area (Å²) in [6.45, 7) is 4.45. The van der Waals surface area contributed by atoms with Crippen LogP contribution in [0.2, 0.25) is 0 Å². The summed E-state index contributed by atoms with van der Waals surface area (Å²) in [5.74, 6) is 0. The number of aromatic nitrogens is 1. The Morgan fingerprint density at radius 3 is 2.57 bits per heavy atom. The topological polar surface area (TPSA) is 33.1 Å². The third kappa shape index (κ3) is 2.14. The number of rotatable bonds is 2. The van der Waals surface area contributed by atoms with Gasteiger partial charge in [-0.25, -0.2) is 4.98 Å².